The second kappa shape index (κ2) is 12.8. The number of ketones is 1. The van der Waals surface area contributed by atoms with E-state index in [0.29, 0.717) is 42.8 Å². The zero-order chi connectivity index (χ0) is 31.6. The zero-order valence-electron chi connectivity index (χ0n) is 25.4. The van der Waals surface area contributed by atoms with E-state index in [1.165, 1.54) is 0 Å². The van der Waals surface area contributed by atoms with Gasteiger partial charge in [-0.1, -0.05) is 65.3 Å². The third kappa shape index (κ3) is 6.63. The lowest BCUT2D eigenvalue weighted by Gasteiger charge is -2.35. The van der Waals surface area contributed by atoms with Crippen molar-refractivity contribution in [1.29, 1.82) is 0 Å². The van der Waals surface area contributed by atoms with E-state index in [-0.39, 0.29) is 36.3 Å². The second-order valence-corrected chi connectivity index (χ2v) is 12.8. The molecular weight excluding hydrogens is 622 g/mol. The van der Waals surface area contributed by atoms with Crippen molar-refractivity contribution in [3.63, 3.8) is 0 Å². The average molecular weight is 659 g/mol. The minimum absolute atomic E-state index is 0.123. The number of piperazine rings is 1. The Balaban J connectivity index is 1.43. The van der Waals surface area contributed by atoms with E-state index < -0.39 is 5.60 Å². The number of benzene rings is 3. The molecule has 1 aliphatic rings. The van der Waals surface area contributed by atoms with Crippen molar-refractivity contribution in [3.05, 3.63) is 104 Å². The van der Waals surface area contributed by atoms with Gasteiger partial charge < -0.3 is 14.5 Å². The first kappa shape index (κ1) is 31.2. The molecule has 1 aliphatic heterocycles. The highest BCUT2D eigenvalue weighted by Gasteiger charge is 2.28. The van der Waals surface area contributed by atoms with Crippen molar-refractivity contribution in [2.45, 2.75) is 46.3 Å². The molecule has 0 radical (unpaired) electrons. The molecule has 1 aromatic heterocycles. The Bertz CT molecular complexity index is 1770. The molecule has 0 saturated carbocycles. The van der Waals surface area contributed by atoms with E-state index >= 15 is 0 Å². The maximum atomic E-state index is 13.9. The maximum Gasteiger partial charge on any atom is 0.410 e. The van der Waals surface area contributed by atoms with Gasteiger partial charge in [0.05, 0.1) is 12.2 Å². The predicted octanol–water partition coefficient (Wildman–Crippen LogP) is 6.76. The normalized spacial score (nSPS) is 13.7. The molecule has 0 N–H and O–H groups in total. The van der Waals surface area contributed by atoms with E-state index in [1.807, 2.05) is 75.4 Å². The van der Waals surface area contributed by atoms with Crippen LogP contribution in [0, 0.1) is 0 Å². The van der Waals surface area contributed by atoms with Gasteiger partial charge in [-0.25, -0.2) is 4.79 Å². The minimum Gasteiger partial charge on any atom is -0.444 e. The van der Waals surface area contributed by atoms with Crippen LogP contribution in [0.25, 0.3) is 21.9 Å². The summed E-state index contributed by atoms with van der Waals surface area (Å²) in [5.74, 6) is -0.248. The first-order valence-electron chi connectivity index (χ1n) is 14.8. The number of halogens is 1. The predicted molar refractivity (Wildman–Crippen MR) is 175 cm³/mol. The van der Waals surface area contributed by atoms with Gasteiger partial charge in [-0.05, 0) is 67.6 Å². The Morgan fingerprint density at radius 1 is 0.841 bits per heavy atom. The van der Waals surface area contributed by atoms with Crippen LogP contribution in [-0.2, 0) is 11.3 Å². The van der Waals surface area contributed by atoms with Crippen molar-refractivity contribution in [2.75, 3.05) is 26.2 Å². The number of fused-ring (bicyclic) bond motifs is 1. The largest absolute Gasteiger partial charge is 0.444 e. The number of rotatable bonds is 6. The van der Waals surface area contributed by atoms with Gasteiger partial charge in [-0.3, -0.25) is 19.0 Å². The summed E-state index contributed by atoms with van der Waals surface area (Å²) in [5, 5.41) is 1.24. The van der Waals surface area contributed by atoms with E-state index in [4.69, 9.17) is 4.74 Å². The van der Waals surface area contributed by atoms with Crippen LogP contribution >= 0.6 is 15.9 Å². The molecule has 1 fully saturated rings. The van der Waals surface area contributed by atoms with Gasteiger partial charge in [-0.2, -0.15) is 0 Å². The Morgan fingerprint density at radius 2 is 1.48 bits per heavy atom. The lowest BCUT2D eigenvalue weighted by Crippen LogP contribution is -2.51. The van der Waals surface area contributed by atoms with Crippen LogP contribution in [0.3, 0.4) is 0 Å². The highest BCUT2D eigenvalue weighted by molar-refractivity contribution is 9.10. The molecular formula is C35H36BrN3O5. The molecule has 4 aromatic rings. The van der Waals surface area contributed by atoms with Crippen LogP contribution in [0.2, 0.25) is 0 Å². The quantitative estimate of drug-likeness (QED) is 0.214. The Hall–Kier alpha value is -4.24. The summed E-state index contributed by atoms with van der Waals surface area (Å²) in [6, 6.07) is 22.3. The van der Waals surface area contributed by atoms with Gasteiger partial charge in [0, 0.05) is 53.6 Å². The highest BCUT2D eigenvalue weighted by atomic mass is 79.9. The fourth-order valence-corrected chi connectivity index (χ4v) is 5.82. The SMILES string of the molecule is CCC(=O)c1c(-c2ccccc2)c2cc(Br)ccc2c(=O)n1Cc1ccc(C(=O)N2CCN(C(=O)OC(C)(C)C)CC2)cc1. The summed E-state index contributed by atoms with van der Waals surface area (Å²) in [7, 11) is 0. The number of Topliss-reactive ketones (excluding diaryl/α,β-unsaturated/α-hetero) is 1. The number of pyridine rings is 1. The molecule has 2 amide bonds. The Kier molecular flexibility index (Phi) is 9.06. The summed E-state index contributed by atoms with van der Waals surface area (Å²) in [4.78, 5) is 56.4. The Labute approximate surface area is 265 Å². The third-order valence-corrected chi connectivity index (χ3v) is 8.13. The van der Waals surface area contributed by atoms with E-state index in [2.05, 4.69) is 15.9 Å². The van der Waals surface area contributed by atoms with Crippen LogP contribution in [0.1, 0.15) is 60.5 Å². The maximum absolute atomic E-state index is 13.9. The van der Waals surface area contributed by atoms with Crippen molar-refractivity contribution >= 4 is 44.5 Å². The molecule has 0 atom stereocenters. The summed E-state index contributed by atoms with van der Waals surface area (Å²) in [6.07, 6.45) is -0.130. The third-order valence-electron chi connectivity index (χ3n) is 7.64. The number of nitrogens with zero attached hydrogens (tertiary/aromatic N) is 3. The molecule has 228 valence electrons. The van der Waals surface area contributed by atoms with Crippen molar-refractivity contribution in [2.24, 2.45) is 0 Å². The fraction of sp³-hybridized carbons (Fsp3) is 0.314. The number of amides is 2. The minimum atomic E-state index is -0.575. The Morgan fingerprint density at radius 3 is 2.09 bits per heavy atom. The topological polar surface area (TPSA) is 88.9 Å². The number of hydrogen-bond acceptors (Lipinski definition) is 5. The molecule has 9 heteroatoms. The van der Waals surface area contributed by atoms with Gasteiger partial charge >= 0.3 is 6.09 Å². The molecule has 1 saturated heterocycles. The first-order valence-corrected chi connectivity index (χ1v) is 15.6. The summed E-state index contributed by atoms with van der Waals surface area (Å²) >= 11 is 3.53. The molecule has 8 nitrogen and oxygen atoms in total. The molecule has 0 aliphatic carbocycles. The van der Waals surface area contributed by atoms with Crippen LogP contribution in [-0.4, -0.2) is 63.9 Å². The van der Waals surface area contributed by atoms with Gasteiger partial charge in [0.15, 0.2) is 5.78 Å². The van der Waals surface area contributed by atoms with E-state index in [0.717, 1.165) is 26.5 Å². The fourth-order valence-electron chi connectivity index (χ4n) is 5.46. The summed E-state index contributed by atoms with van der Waals surface area (Å²) in [5.41, 5.74) is 2.45. The number of ether oxygens (including phenoxy) is 1. The zero-order valence-corrected chi connectivity index (χ0v) is 27.0. The number of carbonyl (C=O) groups excluding carboxylic acids is 3. The summed E-state index contributed by atoms with van der Waals surface area (Å²) in [6.45, 7) is 9.08. The molecule has 3 aromatic carbocycles. The lowest BCUT2D eigenvalue weighted by molar-refractivity contribution is 0.0141. The second-order valence-electron chi connectivity index (χ2n) is 11.9. The summed E-state index contributed by atoms with van der Waals surface area (Å²) < 4.78 is 7.84. The standard InChI is InChI=1S/C35H36BrN3O5/c1-5-29(40)31-30(24-9-7-6-8-10-24)28-21-26(36)15-16-27(28)33(42)39(31)22-23-11-13-25(14-12-23)32(41)37-17-19-38(20-18-37)34(43)44-35(2,3)4/h6-16,21H,5,17-20,22H2,1-4H3. The van der Waals surface area contributed by atoms with Gasteiger partial charge in [-0.15, -0.1) is 0 Å². The molecule has 2 heterocycles. The molecule has 0 spiro atoms. The van der Waals surface area contributed by atoms with Crippen LogP contribution in [0.5, 0.6) is 0 Å². The van der Waals surface area contributed by atoms with Gasteiger partial charge in [0.2, 0.25) is 0 Å². The van der Waals surface area contributed by atoms with Crippen molar-refractivity contribution in [3.8, 4) is 11.1 Å². The van der Waals surface area contributed by atoms with Crippen molar-refractivity contribution in [1.82, 2.24) is 14.4 Å². The number of hydrogen-bond donors (Lipinski definition) is 0. The van der Waals surface area contributed by atoms with Crippen LogP contribution in [0.15, 0.2) is 82.1 Å². The smallest absolute Gasteiger partial charge is 0.410 e. The van der Waals surface area contributed by atoms with Crippen LogP contribution in [0.4, 0.5) is 4.79 Å². The van der Waals surface area contributed by atoms with Crippen LogP contribution < -0.4 is 5.56 Å². The number of aromatic nitrogens is 1. The van der Waals surface area contributed by atoms with E-state index in [9.17, 15) is 19.2 Å². The molecule has 5 rings (SSSR count). The van der Waals surface area contributed by atoms with Crippen molar-refractivity contribution < 1.29 is 19.1 Å². The van der Waals surface area contributed by atoms with E-state index in [1.54, 1.807) is 39.5 Å². The molecule has 44 heavy (non-hydrogen) atoms. The first-order chi connectivity index (χ1) is 21.0. The van der Waals surface area contributed by atoms with Gasteiger partial charge in [0.25, 0.3) is 11.5 Å². The number of carbonyl (C=O) groups is 3. The average Bonchev–Trinajstić information content (AvgIpc) is 3.01. The lowest BCUT2D eigenvalue weighted by atomic mass is 9.94. The monoisotopic (exact) mass is 657 g/mol. The van der Waals surface area contributed by atoms with Gasteiger partial charge in [0.1, 0.15) is 5.60 Å². The molecule has 0 unspecified atom stereocenters. The molecule has 0 bridgehead atoms. The highest BCUT2D eigenvalue weighted by Crippen LogP contribution is 2.33.